The van der Waals surface area contributed by atoms with Crippen LogP contribution in [0.3, 0.4) is 0 Å². The molecule has 1 aliphatic rings. The van der Waals surface area contributed by atoms with E-state index in [0.717, 1.165) is 22.3 Å². The molecule has 2 aromatic carbocycles. The Morgan fingerprint density at radius 2 is 1.90 bits per heavy atom. The molecular weight excluding hydrogens is 333 g/mol. The van der Waals surface area contributed by atoms with Crippen molar-refractivity contribution in [3.63, 3.8) is 0 Å². The average Bonchev–Trinajstić information content (AvgIpc) is 3.31. The Kier molecular flexibility index (Phi) is 4.56. The summed E-state index contributed by atoms with van der Waals surface area (Å²) in [6.45, 7) is 1.29. The normalized spacial score (nSPS) is 14.2. The van der Waals surface area contributed by atoms with E-state index in [2.05, 4.69) is 21.2 Å². The zero-order valence-corrected chi connectivity index (χ0v) is 13.2. The summed E-state index contributed by atoms with van der Waals surface area (Å²) in [4.78, 5) is 0. The minimum atomic E-state index is -0.226. The van der Waals surface area contributed by atoms with Gasteiger partial charge >= 0.3 is 0 Å². The van der Waals surface area contributed by atoms with E-state index in [1.165, 1.54) is 30.5 Å². The highest BCUT2D eigenvalue weighted by Crippen LogP contribution is 2.25. The number of ether oxygens (including phenoxy) is 1. The van der Waals surface area contributed by atoms with Crippen LogP contribution >= 0.6 is 15.9 Å². The summed E-state index contributed by atoms with van der Waals surface area (Å²) in [5.74, 6) is 0.603. The molecule has 0 amide bonds. The number of benzene rings is 2. The molecule has 0 saturated heterocycles. The van der Waals surface area contributed by atoms with Gasteiger partial charge in [0.25, 0.3) is 0 Å². The SMILES string of the molecule is Fc1ccc(COc2ccc(Br)c(CNC3CC3)c2)cc1. The maximum Gasteiger partial charge on any atom is 0.123 e. The summed E-state index contributed by atoms with van der Waals surface area (Å²) >= 11 is 3.57. The third-order valence-electron chi connectivity index (χ3n) is 3.49. The Labute approximate surface area is 132 Å². The zero-order chi connectivity index (χ0) is 14.7. The fourth-order valence-corrected chi connectivity index (χ4v) is 2.45. The van der Waals surface area contributed by atoms with Crippen LogP contribution in [0.2, 0.25) is 0 Å². The molecule has 4 heteroatoms. The van der Waals surface area contributed by atoms with Gasteiger partial charge in [0, 0.05) is 17.1 Å². The van der Waals surface area contributed by atoms with Crippen molar-refractivity contribution in [2.24, 2.45) is 0 Å². The minimum absolute atomic E-state index is 0.226. The molecule has 1 aliphatic carbocycles. The molecule has 0 aromatic heterocycles. The van der Waals surface area contributed by atoms with Gasteiger partial charge in [0.05, 0.1) is 0 Å². The number of halogens is 2. The lowest BCUT2D eigenvalue weighted by Crippen LogP contribution is -2.15. The molecule has 0 spiro atoms. The van der Waals surface area contributed by atoms with E-state index in [9.17, 15) is 4.39 Å². The summed E-state index contributed by atoms with van der Waals surface area (Å²) in [5.41, 5.74) is 2.15. The highest BCUT2D eigenvalue weighted by Gasteiger charge is 2.20. The molecule has 0 unspecified atom stereocenters. The van der Waals surface area contributed by atoms with Gasteiger partial charge in [-0.05, 0) is 54.3 Å². The number of hydrogen-bond donors (Lipinski definition) is 1. The standard InChI is InChI=1S/C17H17BrFNO/c18-17-8-7-16(9-13(17)10-20-15-5-6-15)21-11-12-1-3-14(19)4-2-12/h1-4,7-9,15,20H,5-6,10-11H2. The lowest BCUT2D eigenvalue weighted by Gasteiger charge is -2.10. The van der Waals surface area contributed by atoms with Gasteiger partial charge in [-0.25, -0.2) is 4.39 Å². The summed E-state index contributed by atoms with van der Waals surface area (Å²) in [7, 11) is 0. The molecule has 1 N–H and O–H groups in total. The topological polar surface area (TPSA) is 21.3 Å². The Bertz CT molecular complexity index is 611. The highest BCUT2D eigenvalue weighted by molar-refractivity contribution is 9.10. The summed E-state index contributed by atoms with van der Waals surface area (Å²) in [6.07, 6.45) is 2.55. The van der Waals surface area contributed by atoms with E-state index in [1.807, 2.05) is 18.2 Å². The Balaban J connectivity index is 1.61. The van der Waals surface area contributed by atoms with Gasteiger partial charge in [-0.3, -0.25) is 0 Å². The van der Waals surface area contributed by atoms with Crippen LogP contribution in [0, 0.1) is 5.82 Å². The predicted molar refractivity (Wildman–Crippen MR) is 84.7 cm³/mol. The van der Waals surface area contributed by atoms with Crippen LogP contribution in [-0.2, 0) is 13.2 Å². The summed E-state index contributed by atoms with van der Waals surface area (Å²) in [6, 6.07) is 13.0. The van der Waals surface area contributed by atoms with Crippen molar-refractivity contribution in [1.82, 2.24) is 5.32 Å². The monoisotopic (exact) mass is 349 g/mol. The third-order valence-corrected chi connectivity index (χ3v) is 4.27. The first kappa shape index (κ1) is 14.5. The van der Waals surface area contributed by atoms with Crippen LogP contribution in [0.4, 0.5) is 4.39 Å². The Morgan fingerprint density at radius 1 is 1.14 bits per heavy atom. The molecule has 3 rings (SSSR count). The van der Waals surface area contributed by atoms with Crippen molar-refractivity contribution in [1.29, 1.82) is 0 Å². The molecule has 110 valence electrons. The van der Waals surface area contributed by atoms with Gasteiger partial charge in [-0.15, -0.1) is 0 Å². The highest BCUT2D eigenvalue weighted by atomic mass is 79.9. The van der Waals surface area contributed by atoms with Crippen molar-refractivity contribution in [2.75, 3.05) is 0 Å². The van der Waals surface area contributed by atoms with Gasteiger partial charge in [0.2, 0.25) is 0 Å². The number of hydrogen-bond acceptors (Lipinski definition) is 2. The first-order valence-electron chi connectivity index (χ1n) is 7.10. The smallest absolute Gasteiger partial charge is 0.123 e. The minimum Gasteiger partial charge on any atom is -0.489 e. The second-order valence-corrected chi connectivity index (χ2v) is 6.18. The molecule has 2 nitrogen and oxygen atoms in total. The fraction of sp³-hybridized carbons (Fsp3) is 0.294. The summed E-state index contributed by atoms with van der Waals surface area (Å²) < 4.78 is 19.7. The van der Waals surface area contributed by atoms with E-state index in [-0.39, 0.29) is 5.82 Å². The predicted octanol–water partition coefficient (Wildman–Crippen LogP) is 4.42. The average molecular weight is 350 g/mol. The molecule has 0 heterocycles. The van der Waals surface area contributed by atoms with Crippen LogP contribution in [0.15, 0.2) is 46.9 Å². The van der Waals surface area contributed by atoms with Crippen LogP contribution < -0.4 is 10.1 Å². The molecule has 2 aromatic rings. The lowest BCUT2D eigenvalue weighted by atomic mass is 10.2. The maximum absolute atomic E-state index is 12.8. The van der Waals surface area contributed by atoms with Crippen molar-refractivity contribution in [3.8, 4) is 5.75 Å². The Morgan fingerprint density at radius 3 is 2.62 bits per heavy atom. The zero-order valence-electron chi connectivity index (χ0n) is 11.6. The van der Waals surface area contributed by atoms with Crippen molar-refractivity contribution >= 4 is 15.9 Å². The largest absolute Gasteiger partial charge is 0.489 e. The van der Waals surface area contributed by atoms with Gasteiger partial charge in [0.1, 0.15) is 18.2 Å². The fourth-order valence-electron chi connectivity index (χ4n) is 2.07. The quantitative estimate of drug-likeness (QED) is 0.833. The van der Waals surface area contributed by atoms with E-state index in [0.29, 0.717) is 12.6 Å². The molecule has 0 bridgehead atoms. The van der Waals surface area contributed by atoms with E-state index in [1.54, 1.807) is 12.1 Å². The van der Waals surface area contributed by atoms with Gasteiger partial charge in [0.15, 0.2) is 0 Å². The second kappa shape index (κ2) is 6.58. The maximum atomic E-state index is 12.8. The first-order valence-corrected chi connectivity index (χ1v) is 7.89. The Hall–Kier alpha value is -1.39. The first-order chi connectivity index (χ1) is 10.2. The van der Waals surface area contributed by atoms with Crippen molar-refractivity contribution in [3.05, 3.63) is 63.9 Å². The molecule has 0 radical (unpaired) electrons. The van der Waals surface area contributed by atoms with Crippen LogP contribution in [0.25, 0.3) is 0 Å². The van der Waals surface area contributed by atoms with Crippen LogP contribution in [-0.4, -0.2) is 6.04 Å². The third kappa shape index (κ3) is 4.29. The second-order valence-electron chi connectivity index (χ2n) is 5.32. The van der Waals surface area contributed by atoms with Crippen molar-refractivity contribution < 1.29 is 9.13 Å². The molecule has 1 fully saturated rings. The molecular formula is C17H17BrFNO. The molecule has 1 saturated carbocycles. The van der Waals surface area contributed by atoms with Crippen LogP contribution in [0.5, 0.6) is 5.75 Å². The molecule has 21 heavy (non-hydrogen) atoms. The molecule has 0 atom stereocenters. The van der Waals surface area contributed by atoms with E-state index in [4.69, 9.17) is 4.74 Å². The number of rotatable bonds is 6. The van der Waals surface area contributed by atoms with Crippen LogP contribution in [0.1, 0.15) is 24.0 Å². The molecule has 0 aliphatic heterocycles. The van der Waals surface area contributed by atoms with E-state index < -0.39 is 0 Å². The van der Waals surface area contributed by atoms with Gasteiger partial charge in [-0.1, -0.05) is 28.1 Å². The van der Waals surface area contributed by atoms with Crippen molar-refractivity contribution in [2.45, 2.75) is 32.0 Å². The van der Waals surface area contributed by atoms with Gasteiger partial charge < -0.3 is 10.1 Å². The number of nitrogens with one attached hydrogen (secondary N) is 1. The van der Waals surface area contributed by atoms with E-state index >= 15 is 0 Å². The summed E-state index contributed by atoms with van der Waals surface area (Å²) in [5, 5.41) is 3.49. The lowest BCUT2D eigenvalue weighted by molar-refractivity contribution is 0.305. The van der Waals surface area contributed by atoms with Gasteiger partial charge in [-0.2, -0.15) is 0 Å².